The zero-order valence-corrected chi connectivity index (χ0v) is 19.3. The van der Waals surface area contributed by atoms with Gasteiger partial charge in [0.2, 0.25) is 0 Å². The van der Waals surface area contributed by atoms with Crippen LogP contribution in [0.4, 0.5) is 4.39 Å². The van der Waals surface area contributed by atoms with E-state index in [4.69, 9.17) is 4.42 Å². The highest BCUT2D eigenvalue weighted by Crippen LogP contribution is 2.24. The van der Waals surface area contributed by atoms with Crippen molar-refractivity contribution in [1.29, 1.82) is 0 Å². The Morgan fingerprint density at radius 1 is 0.943 bits per heavy atom. The summed E-state index contributed by atoms with van der Waals surface area (Å²) in [7, 11) is 0. The third-order valence-corrected chi connectivity index (χ3v) is 6.39. The number of amides is 2. The van der Waals surface area contributed by atoms with Gasteiger partial charge in [-0.05, 0) is 42.5 Å². The van der Waals surface area contributed by atoms with Crippen molar-refractivity contribution in [2.45, 2.75) is 10.9 Å². The van der Waals surface area contributed by atoms with E-state index in [1.54, 1.807) is 52.5 Å². The third kappa shape index (κ3) is 4.92. The number of aromatic nitrogens is 5. The predicted molar refractivity (Wildman–Crippen MR) is 123 cm³/mol. The van der Waals surface area contributed by atoms with Crippen molar-refractivity contribution in [2.24, 2.45) is 0 Å². The lowest BCUT2D eigenvalue weighted by atomic mass is 10.2. The number of carbonyl (C=O) groups is 2. The normalized spacial score (nSPS) is 13.7. The molecule has 1 aliphatic rings. The van der Waals surface area contributed by atoms with Crippen LogP contribution in [0.25, 0.3) is 5.69 Å². The average Bonchev–Trinajstić information content (AvgIpc) is 3.58. The van der Waals surface area contributed by atoms with Gasteiger partial charge >= 0.3 is 0 Å². The molecule has 1 aliphatic heterocycles. The molecule has 0 atom stereocenters. The monoisotopic (exact) mass is 493 g/mol. The van der Waals surface area contributed by atoms with Crippen LogP contribution in [-0.4, -0.2) is 72.8 Å². The highest BCUT2D eigenvalue weighted by atomic mass is 32.2. The summed E-state index contributed by atoms with van der Waals surface area (Å²) in [5.41, 5.74) is 1.33. The van der Waals surface area contributed by atoms with Crippen molar-refractivity contribution >= 4 is 23.6 Å². The van der Waals surface area contributed by atoms with E-state index in [1.807, 2.05) is 0 Å². The Hall–Kier alpha value is -4.06. The zero-order valence-electron chi connectivity index (χ0n) is 18.5. The second-order valence-electron chi connectivity index (χ2n) is 7.65. The number of halogens is 1. The standard InChI is InChI=1S/C23H20FN7O3S/c24-16-4-6-17(7-5-16)31-18(15-35-23-25-8-2-9-26-23)20(27-28-31)22(33)30-12-10-29(11-13-30)21(32)19-3-1-14-34-19/h1-9,14H,10-13,15H2. The molecule has 35 heavy (non-hydrogen) atoms. The van der Waals surface area contributed by atoms with Crippen LogP contribution < -0.4 is 0 Å². The molecule has 0 unspecified atom stereocenters. The van der Waals surface area contributed by atoms with Crippen LogP contribution in [0.5, 0.6) is 0 Å². The van der Waals surface area contributed by atoms with E-state index >= 15 is 0 Å². The summed E-state index contributed by atoms with van der Waals surface area (Å²) in [6, 6.07) is 10.8. The van der Waals surface area contributed by atoms with Gasteiger partial charge in [0.05, 0.1) is 17.6 Å². The number of hydrogen-bond acceptors (Lipinski definition) is 8. The number of thioether (sulfide) groups is 1. The lowest BCUT2D eigenvalue weighted by Gasteiger charge is -2.34. The van der Waals surface area contributed by atoms with E-state index in [2.05, 4.69) is 20.3 Å². The van der Waals surface area contributed by atoms with Crippen LogP contribution in [0.2, 0.25) is 0 Å². The lowest BCUT2D eigenvalue weighted by Crippen LogP contribution is -2.50. The summed E-state index contributed by atoms with van der Waals surface area (Å²) in [5.74, 6) is -0.264. The fourth-order valence-electron chi connectivity index (χ4n) is 3.70. The maximum absolute atomic E-state index is 13.5. The third-order valence-electron chi connectivity index (χ3n) is 5.50. The van der Waals surface area contributed by atoms with Crippen molar-refractivity contribution < 1.29 is 18.4 Å². The summed E-state index contributed by atoms with van der Waals surface area (Å²) in [6.45, 7) is 1.45. The maximum atomic E-state index is 13.5. The first-order valence-electron chi connectivity index (χ1n) is 10.8. The van der Waals surface area contributed by atoms with Crippen molar-refractivity contribution in [1.82, 2.24) is 34.8 Å². The lowest BCUT2D eigenvalue weighted by molar-refractivity contribution is 0.0514. The first-order valence-corrected chi connectivity index (χ1v) is 11.8. The van der Waals surface area contributed by atoms with E-state index in [9.17, 15) is 14.0 Å². The second kappa shape index (κ2) is 10.1. The Labute approximate surface area is 203 Å². The molecule has 4 heterocycles. The molecule has 178 valence electrons. The number of benzene rings is 1. The first kappa shape index (κ1) is 22.7. The molecule has 0 N–H and O–H groups in total. The minimum absolute atomic E-state index is 0.198. The van der Waals surface area contributed by atoms with Gasteiger partial charge in [0.15, 0.2) is 16.6 Å². The average molecular weight is 494 g/mol. The molecule has 10 nitrogen and oxygen atoms in total. The number of carbonyl (C=O) groups excluding carboxylic acids is 2. The zero-order chi connectivity index (χ0) is 24.2. The number of nitrogens with zero attached hydrogens (tertiary/aromatic N) is 7. The molecule has 0 bridgehead atoms. The molecule has 1 saturated heterocycles. The Morgan fingerprint density at radius 2 is 1.63 bits per heavy atom. The van der Waals surface area contributed by atoms with E-state index in [0.717, 1.165) is 0 Å². The highest BCUT2D eigenvalue weighted by molar-refractivity contribution is 7.98. The van der Waals surface area contributed by atoms with Gasteiger partial charge < -0.3 is 14.2 Å². The molecule has 1 aromatic carbocycles. The summed E-state index contributed by atoms with van der Waals surface area (Å²) in [5, 5.41) is 8.91. The molecule has 4 aromatic rings. The summed E-state index contributed by atoms with van der Waals surface area (Å²) >= 11 is 1.34. The summed E-state index contributed by atoms with van der Waals surface area (Å²) < 4.78 is 20.2. The first-order chi connectivity index (χ1) is 17.1. The van der Waals surface area contributed by atoms with Crippen molar-refractivity contribution in [3.8, 4) is 5.69 Å². The van der Waals surface area contributed by atoms with Gasteiger partial charge in [0.25, 0.3) is 11.8 Å². The fraction of sp³-hybridized carbons (Fsp3) is 0.217. The van der Waals surface area contributed by atoms with Crippen LogP contribution >= 0.6 is 11.8 Å². The second-order valence-corrected chi connectivity index (χ2v) is 8.60. The molecule has 0 saturated carbocycles. The molecule has 5 rings (SSSR count). The van der Waals surface area contributed by atoms with E-state index in [-0.39, 0.29) is 29.1 Å². The van der Waals surface area contributed by atoms with Gasteiger partial charge in [-0.15, -0.1) is 5.10 Å². The van der Waals surface area contributed by atoms with E-state index < -0.39 is 0 Å². The van der Waals surface area contributed by atoms with Crippen LogP contribution in [0.1, 0.15) is 26.7 Å². The van der Waals surface area contributed by atoms with Gasteiger partial charge in [0, 0.05) is 44.3 Å². The Morgan fingerprint density at radius 3 is 2.29 bits per heavy atom. The van der Waals surface area contributed by atoms with Crippen molar-refractivity contribution in [3.05, 3.63) is 84.1 Å². The summed E-state index contributed by atoms with van der Waals surface area (Å²) in [6.07, 6.45) is 4.73. The molecule has 12 heteroatoms. The van der Waals surface area contributed by atoms with Crippen LogP contribution in [0.15, 0.2) is 70.7 Å². The number of hydrogen-bond donors (Lipinski definition) is 0. The number of rotatable bonds is 6. The van der Waals surface area contributed by atoms with Gasteiger partial charge in [-0.25, -0.2) is 19.0 Å². The summed E-state index contributed by atoms with van der Waals surface area (Å²) in [4.78, 5) is 37.7. The van der Waals surface area contributed by atoms with E-state index in [1.165, 1.54) is 34.8 Å². The quantitative estimate of drug-likeness (QED) is 0.298. The molecule has 0 radical (unpaired) electrons. The van der Waals surface area contributed by atoms with Gasteiger partial charge in [-0.3, -0.25) is 9.59 Å². The molecular formula is C23H20FN7O3S. The molecule has 0 aliphatic carbocycles. The Kier molecular flexibility index (Phi) is 6.53. The number of furan rings is 1. The molecule has 1 fully saturated rings. The van der Waals surface area contributed by atoms with Gasteiger partial charge in [-0.2, -0.15) is 0 Å². The number of piperazine rings is 1. The fourth-order valence-corrected chi connectivity index (χ4v) is 4.49. The smallest absolute Gasteiger partial charge is 0.289 e. The minimum Gasteiger partial charge on any atom is -0.459 e. The topological polar surface area (TPSA) is 110 Å². The van der Waals surface area contributed by atoms with Crippen LogP contribution in [-0.2, 0) is 5.75 Å². The molecule has 3 aromatic heterocycles. The largest absolute Gasteiger partial charge is 0.459 e. The van der Waals surface area contributed by atoms with Gasteiger partial charge in [0.1, 0.15) is 5.82 Å². The highest BCUT2D eigenvalue weighted by Gasteiger charge is 2.30. The molecular weight excluding hydrogens is 473 g/mol. The Balaban J connectivity index is 1.36. The van der Waals surface area contributed by atoms with E-state index in [0.29, 0.717) is 48.5 Å². The van der Waals surface area contributed by atoms with Crippen molar-refractivity contribution in [3.63, 3.8) is 0 Å². The minimum atomic E-state index is -0.374. The SMILES string of the molecule is O=C(c1ccco1)N1CCN(C(=O)c2nnn(-c3ccc(F)cc3)c2CSc2ncccn2)CC1. The van der Waals surface area contributed by atoms with Crippen LogP contribution in [0.3, 0.4) is 0 Å². The Bertz CT molecular complexity index is 1300. The van der Waals surface area contributed by atoms with Crippen molar-refractivity contribution in [2.75, 3.05) is 26.2 Å². The van der Waals surface area contributed by atoms with Crippen LogP contribution in [0, 0.1) is 5.82 Å². The molecule has 0 spiro atoms. The van der Waals surface area contributed by atoms with Gasteiger partial charge in [-0.1, -0.05) is 17.0 Å². The predicted octanol–water partition coefficient (Wildman–Crippen LogP) is 2.68. The maximum Gasteiger partial charge on any atom is 0.289 e. The molecule has 2 amide bonds.